The average Bonchev–Trinajstić information content (AvgIpc) is 2.70. The normalized spacial score (nSPS) is 14.7. The molecule has 2 aromatic rings. The fourth-order valence-corrected chi connectivity index (χ4v) is 3.24. The molecular formula is C22H29N3O2. The van der Waals surface area contributed by atoms with E-state index < -0.39 is 0 Å². The molecule has 1 fully saturated rings. The van der Waals surface area contributed by atoms with Gasteiger partial charge in [0.15, 0.2) is 0 Å². The number of piperazine rings is 1. The Hall–Kier alpha value is -2.37. The highest BCUT2D eigenvalue weighted by Crippen LogP contribution is 2.16. The molecule has 3 rings (SSSR count). The van der Waals surface area contributed by atoms with E-state index in [0.29, 0.717) is 24.5 Å². The van der Waals surface area contributed by atoms with Crippen molar-refractivity contribution in [3.63, 3.8) is 0 Å². The summed E-state index contributed by atoms with van der Waals surface area (Å²) < 4.78 is 5.85. The van der Waals surface area contributed by atoms with Gasteiger partial charge in [0.25, 0.3) is 5.91 Å². The number of hydrogen-bond donors (Lipinski definition) is 2. The highest BCUT2D eigenvalue weighted by Gasteiger charge is 2.10. The number of ether oxygens (including phenoxy) is 1. The van der Waals surface area contributed by atoms with Crippen molar-refractivity contribution >= 4 is 5.91 Å². The maximum Gasteiger partial charge on any atom is 0.251 e. The van der Waals surface area contributed by atoms with E-state index in [-0.39, 0.29) is 5.91 Å². The SMILES string of the molecule is Cc1cccc(COc2cccc(C(=O)NCCCN3CCNCC3)c2)c1. The summed E-state index contributed by atoms with van der Waals surface area (Å²) in [6.07, 6.45) is 0.968. The fourth-order valence-electron chi connectivity index (χ4n) is 3.24. The minimum atomic E-state index is -0.0451. The van der Waals surface area contributed by atoms with Crippen molar-refractivity contribution < 1.29 is 9.53 Å². The van der Waals surface area contributed by atoms with Gasteiger partial charge in [0, 0.05) is 38.3 Å². The van der Waals surface area contributed by atoms with Crippen LogP contribution in [0.1, 0.15) is 27.9 Å². The summed E-state index contributed by atoms with van der Waals surface area (Å²) in [6.45, 7) is 8.58. The highest BCUT2D eigenvalue weighted by molar-refractivity contribution is 5.94. The summed E-state index contributed by atoms with van der Waals surface area (Å²) in [5, 5.41) is 6.36. The van der Waals surface area contributed by atoms with Crippen LogP contribution in [0.15, 0.2) is 48.5 Å². The van der Waals surface area contributed by atoms with Crippen molar-refractivity contribution in [2.24, 2.45) is 0 Å². The molecule has 1 heterocycles. The van der Waals surface area contributed by atoms with Gasteiger partial charge >= 0.3 is 0 Å². The molecule has 2 aromatic carbocycles. The quantitative estimate of drug-likeness (QED) is 0.704. The smallest absolute Gasteiger partial charge is 0.251 e. The molecule has 1 saturated heterocycles. The molecule has 0 atom stereocenters. The molecule has 0 unspecified atom stereocenters. The van der Waals surface area contributed by atoms with Gasteiger partial charge in [-0.25, -0.2) is 0 Å². The third kappa shape index (κ3) is 6.38. The highest BCUT2D eigenvalue weighted by atomic mass is 16.5. The van der Waals surface area contributed by atoms with Crippen LogP contribution in [-0.4, -0.2) is 50.1 Å². The summed E-state index contributed by atoms with van der Waals surface area (Å²) in [4.78, 5) is 14.8. The van der Waals surface area contributed by atoms with E-state index in [0.717, 1.165) is 44.7 Å². The zero-order valence-electron chi connectivity index (χ0n) is 16.0. The molecule has 2 N–H and O–H groups in total. The first kappa shape index (κ1) is 19.4. The molecule has 1 amide bonds. The summed E-state index contributed by atoms with van der Waals surface area (Å²) in [5.41, 5.74) is 2.97. The van der Waals surface area contributed by atoms with Gasteiger partial charge in [-0.3, -0.25) is 4.79 Å². The number of nitrogens with zero attached hydrogens (tertiary/aromatic N) is 1. The molecule has 0 bridgehead atoms. The Morgan fingerprint density at radius 3 is 2.78 bits per heavy atom. The number of aryl methyl sites for hydroxylation is 1. The molecule has 5 nitrogen and oxygen atoms in total. The molecule has 144 valence electrons. The second kappa shape index (κ2) is 10.1. The van der Waals surface area contributed by atoms with Crippen molar-refractivity contribution in [2.75, 3.05) is 39.3 Å². The number of hydrogen-bond acceptors (Lipinski definition) is 4. The first-order valence-corrected chi connectivity index (χ1v) is 9.70. The molecule has 0 aromatic heterocycles. The molecule has 0 saturated carbocycles. The molecular weight excluding hydrogens is 338 g/mol. The third-order valence-corrected chi connectivity index (χ3v) is 4.73. The summed E-state index contributed by atoms with van der Waals surface area (Å²) in [6, 6.07) is 15.6. The maximum absolute atomic E-state index is 12.4. The summed E-state index contributed by atoms with van der Waals surface area (Å²) in [5.74, 6) is 0.668. The minimum Gasteiger partial charge on any atom is -0.489 e. The Balaban J connectivity index is 1.43. The average molecular weight is 367 g/mol. The lowest BCUT2D eigenvalue weighted by atomic mass is 10.1. The van der Waals surface area contributed by atoms with Crippen LogP contribution in [0.5, 0.6) is 5.75 Å². The predicted octanol–water partition coefficient (Wildman–Crippen LogP) is 2.60. The Labute approximate surface area is 161 Å². The van der Waals surface area contributed by atoms with E-state index in [4.69, 9.17) is 4.74 Å². The van der Waals surface area contributed by atoms with Gasteiger partial charge in [0.1, 0.15) is 12.4 Å². The first-order chi connectivity index (χ1) is 13.2. The standard InChI is InChI=1S/C22H29N3O2/c1-18-5-2-6-19(15-18)17-27-21-8-3-7-20(16-21)22(26)24-9-4-12-25-13-10-23-11-14-25/h2-3,5-8,15-16,23H,4,9-14,17H2,1H3,(H,24,26). The largest absolute Gasteiger partial charge is 0.489 e. The number of nitrogens with one attached hydrogen (secondary N) is 2. The summed E-state index contributed by atoms with van der Waals surface area (Å²) >= 11 is 0. The second-order valence-corrected chi connectivity index (χ2v) is 7.01. The first-order valence-electron chi connectivity index (χ1n) is 9.70. The van der Waals surface area contributed by atoms with E-state index in [2.05, 4.69) is 34.6 Å². The van der Waals surface area contributed by atoms with Crippen molar-refractivity contribution in [1.82, 2.24) is 15.5 Å². The summed E-state index contributed by atoms with van der Waals surface area (Å²) in [7, 11) is 0. The monoisotopic (exact) mass is 367 g/mol. The van der Waals surface area contributed by atoms with E-state index in [1.807, 2.05) is 30.3 Å². The van der Waals surface area contributed by atoms with Gasteiger partial charge in [-0.15, -0.1) is 0 Å². The van der Waals surface area contributed by atoms with Crippen molar-refractivity contribution in [1.29, 1.82) is 0 Å². The van der Waals surface area contributed by atoms with Crippen molar-refractivity contribution in [3.05, 3.63) is 65.2 Å². The van der Waals surface area contributed by atoms with E-state index >= 15 is 0 Å². The lowest BCUT2D eigenvalue weighted by molar-refractivity contribution is 0.0950. The third-order valence-electron chi connectivity index (χ3n) is 4.73. The van der Waals surface area contributed by atoms with Crippen LogP contribution in [0.3, 0.4) is 0 Å². The van der Waals surface area contributed by atoms with Gasteiger partial charge in [0.2, 0.25) is 0 Å². The number of carbonyl (C=O) groups excluding carboxylic acids is 1. The molecule has 1 aliphatic rings. The van der Waals surface area contributed by atoms with Gasteiger partial charge in [0.05, 0.1) is 0 Å². The van der Waals surface area contributed by atoms with Crippen LogP contribution >= 0.6 is 0 Å². The number of amides is 1. The molecule has 0 spiro atoms. The Morgan fingerprint density at radius 2 is 1.96 bits per heavy atom. The Morgan fingerprint density at radius 1 is 1.15 bits per heavy atom. The fraction of sp³-hybridized carbons (Fsp3) is 0.409. The topological polar surface area (TPSA) is 53.6 Å². The Bertz CT molecular complexity index is 742. The minimum absolute atomic E-state index is 0.0451. The lowest BCUT2D eigenvalue weighted by Gasteiger charge is -2.27. The number of carbonyl (C=O) groups is 1. The van der Waals surface area contributed by atoms with E-state index in [1.54, 1.807) is 6.07 Å². The van der Waals surface area contributed by atoms with Gasteiger partial charge in [-0.05, 0) is 43.7 Å². The molecule has 5 heteroatoms. The molecule has 27 heavy (non-hydrogen) atoms. The number of rotatable bonds is 8. The molecule has 0 aliphatic carbocycles. The maximum atomic E-state index is 12.4. The van der Waals surface area contributed by atoms with Crippen LogP contribution in [0.4, 0.5) is 0 Å². The van der Waals surface area contributed by atoms with Crippen LogP contribution < -0.4 is 15.4 Å². The van der Waals surface area contributed by atoms with Gasteiger partial charge < -0.3 is 20.3 Å². The molecule has 0 radical (unpaired) electrons. The van der Waals surface area contributed by atoms with Gasteiger partial charge in [-0.2, -0.15) is 0 Å². The van der Waals surface area contributed by atoms with Crippen LogP contribution in [0, 0.1) is 6.92 Å². The van der Waals surface area contributed by atoms with E-state index in [1.165, 1.54) is 5.56 Å². The predicted molar refractivity (Wildman–Crippen MR) is 108 cm³/mol. The molecule has 1 aliphatic heterocycles. The van der Waals surface area contributed by atoms with Crippen LogP contribution in [0.25, 0.3) is 0 Å². The zero-order chi connectivity index (χ0) is 18.9. The van der Waals surface area contributed by atoms with Gasteiger partial charge in [-0.1, -0.05) is 35.9 Å². The van der Waals surface area contributed by atoms with Crippen LogP contribution in [0.2, 0.25) is 0 Å². The second-order valence-electron chi connectivity index (χ2n) is 7.01. The zero-order valence-corrected chi connectivity index (χ0v) is 16.0. The van der Waals surface area contributed by atoms with Crippen LogP contribution in [-0.2, 0) is 6.61 Å². The van der Waals surface area contributed by atoms with E-state index in [9.17, 15) is 4.79 Å². The number of benzene rings is 2. The van der Waals surface area contributed by atoms with Crippen molar-refractivity contribution in [3.8, 4) is 5.75 Å². The van der Waals surface area contributed by atoms with Crippen molar-refractivity contribution in [2.45, 2.75) is 20.0 Å². The Kier molecular flexibility index (Phi) is 7.25. The lowest BCUT2D eigenvalue weighted by Crippen LogP contribution is -2.44.